The molecule has 41 heavy (non-hydrogen) atoms. The molecule has 0 aromatic carbocycles. The number of carbonyl (C=O) groups excluding carboxylic acids is 2. The van der Waals surface area contributed by atoms with Crippen LogP contribution in [0, 0.1) is 17.8 Å². The topological polar surface area (TPSA) is 125 Å². The molecule has 4 aliphatic rings. The van der Waals surface area contributed by atoms with Crippen molar-refractivity contribution in [1.82, 2.24) is 10.2 Å². The number of esters is 1. The fourth-order valence-electron chi connectivity index (χ4n) is 7.74. The average molecular weight is 585 g/mol. The third-order valence-electron chi connectivity index (χ3n) is 10.0. The van der Waals surface area contributed by atoms with E-state index in [0.29, 0.717) is 25.8 Å². The van der Waals surface area contributed by atoms with Crippen molar-refractivity contribution in [3.05, 3.63) is 0 Å². The summed E-state index contributed by atoms with van der Waals surface area (Å²) in [5.41, 5.74) is -1.90. The average Bonchev–Trinajstić information content (AvgIpc) is 3.34. The summed E-state index contributed by atoms with van der Waals surface area (Å²) in [6.45, 7) is 16.4. The minimum Gasteiger partial charge on any atom is -0.458 e. The van der Waals surface area contributed by atoms with Crippen molar-refractivity contribution in [2.45, 2.75) is 141 Å². The van der Waals surface area contributed by atoms with Gasteiger partial charge in [-0.3, -0.25) is 9.69 Å². The lowest BCUT2D eigenvalue weighted by atomic mass is 9.82. The number of fused-ring (bicyclic) bond motifs is 3. The molecule has 11 heteroatoms. The molecule has 0 radical (unpaired) electrons. The van der Waals surface area contributed by atoms with Gasteiger partial charge in [-0.2, -0.15) is 0 Å². The fourth-order valence-corrected chi connectivity index (χ4v) is 7.74. The maximum absolute atomic E-state index is 13.7. The molecule has 4 saturated heterocycles. The lowest BCUT2D eigenvalue weighted by molar-refractivity contribution is -0.277. The minimum atomic E-state index is -1.14. The van der Waals surface area contributed by atoms with Crippen LogP contribution < -0.4 is 5.32 Å². The highest BCUT2D eigenvalue weighted by Gasteiger charge is 2.59. The van der Waals surface area contributed by atoms with E-state index in [1.807, 2.05) is 55.6 Å². The Bertz CT molecular complexity index is 953. The van der Waals surface area contributed by atoms with Crippen molar-refractivity contribution in [2.24, 2.45) is 17.8 Å². The zero-order valence-corrected chi connectivity index (χ0v) is 26.4. The van der Waals surface area contributed by atoms with E-state index in [1.165, 1.54) is 0 Å². The van der Waals surface area contributed by atoms with Crippen molar-refractivity contribution in [3.8, 4) is 0 Å². The predicted molar refractivity (Wildman–Crippen MR) is 150 cm³/mol. The number of aliphatic hydroxyl groups excluding tert-OH is 1. The van der Waals surface area contributed by atoms with E-state index < -0.39 is 66.1 Å². The molecule has 236 valence electrons. The number of hydrogen-bond donors (Lipinski definition) is 2. The van der Waals surface area contributed by atoms with Crippen LogP contribution in [0.15, 0.2) is 0 Å². The molecule has 0 aromatic heterocycles. The Morgan fingerprint density at radius 2 is 1.80 bits per heavy atom. The maximum atomic E-state index is 13.7. The molecule has 14 atom stereocenters. The van der Waals surface area contributed by atoms with Crippen LogP contribution in [-0.2, 0) is 33.2 Å². The number of ether oxygens (including phenoxy) is 6. The monoisotopic (exact) mass is 584 g/mol. The highest BCUT2D eigenvalue weighted by molar-refractivity contribution is 5.73. The molecule has 4 rings (SSSR count). The zero-order valence-electron chi connectivity index (χ0n) is 26.4. The number of carbonyl (C=O) groups is 2. The van der Waals surface area contributed by atoms with Crippen molar-refractivity contribution in [3.63, 3.8) is 0 Å². The van der Waals surface area contributed by atoms with Crippen molar-refractivity contribution in [1.29, 1.82) is 0 Å². The van der Waals surface area contributed by atoms with Crippen molar-refractivity contribution in [2.75, 3.05) is 20.6 Å². The van der Waals surface area contributed by atoms with Gasteiger partial charge in [0.25, 0.3) is 0 Å². The molecule has 0 aliphatic carbocycles. The van der Waals surface area contributed by atoms with Gasteiger partial charge in [-0.25, -0.2) is 4.79 Å². The van der Waals surface area contributed by atoms with Gasteiger partial charge in [0.15, 0.2) is 18.0 Å². The SMILES string of the molecule is CC[C@H]1OC(=O)[C@H](C)[C@@H]2O[C@](C)(C[C@@H](C)CN(C)[C@H](C)[C@@H]3OC(=O)O[C@]13C)[C@H](O[C@@H]1O[C@H](C)C[C@@H](NC)[C@H]1O)[C@H]2C. The van der Waals surface area contributed by atoms with Crippen LogP contribution in [0.25, 0.3) is 0 Å². The van der Waals surface area contributed by atoms with E-state index in [0.717, 1.165) is 0 Å². The Balaban J connectivity index is 1.67. The van der Waals surface area contributed by atoms with Gasteiger partial charge >= 0.3 is 12.1 Å². The molecule has 0 amide bonds. The summed E-state index contributed by atoms with van der Waals surface area (Å²) in [7, 11) is 3.82. The van der Waals surface area contributed by atoms with Crippen molar-refractivity contribution >= 4 is 12.1 Å². The molecule has 2 bridgehead atoms. The van der Waals surface area contributed by atoms with Gasteiger partial charge in [0, 0.05) is 24.5 Å². The standard InChI is InChI=1S/C30H52N2O9/c1-11-21-30(8)25(39-28(35)41-30)19(6)32(10)14-15(2)13-29(7)24(17(4)23(40-29)18(5)26(34)37-21)38-27-22(33)20(31-9)12-16(3)36-27/h15-25,27,31,33H,11-14H2,1-10H3/t15-,16-,17+,18-,19-,20-,21-,22-,23-,24-,25+,27+,29-,30-/m1/s1. The van der Waals surface area contributed by atoms with Crippen molar-refractivity contribution < 1.29 is 43.1 Å². The van der Waals surface area contributed by atoms with Crippen LogP contribution in [0.1, 0.15) is 74.7 Å². The molecule has 0 aromatic rings. The molecular formula is C30H52N2O9. The van der Waals surface area contributed by atoms with E-state index in [-0.39, 0.29) is 30.0 Å². The maximum Gasteiger partial charge on any atom is 0.509 e. The number of cyclic esters (lactones) is 1. The lowest BCUT2D eigenvalue weighted by Gasteiger charge is -2.43. The number of nitrogens with one attached hydrogen (secondary N) is 1. The Morgan fingerprint density at radius 1 is 1.12 bits per heavy atom. The second kappa shape index (κ2) is 12.2. The van der Waals surface area contributed by atoms with Crippen LogP contribution >= 0.6 is 0 Å². The van der Waals surface area contributed by atoms with Crippen LogP contribution in [0.4, 0.5) is 4.79 Å². The Hall–Kier alpha value is -1.50. The summed E-state index contributed by atoms with van der Waals surface area (Å²) < 4.78 is 37.0. The number of rotatable bonds is 4. The van der Waals surface area contributed by atoms with Gasteiger partial charge in [-0.1, -0.05) is 20.8 Å². The Labute approximate surface area is 244 Å². The lowest BCUT2D eigenvalue weighted by Crippen LogP contribution is -2.57. The number of likely N-dealkylation sites (N-methyl/N-ethyl adjacent to an activating group) is 2. The van der Waals surface area contributed by atoms with Gasteiger partial charge in [0.05, 0.1) is 29.8 Å². The first kappa shape index (κ1) is 32.4. The molecule has 0 spiro atoms. The zero-order chi connectivity index (χ0) is 30.4. The minimum absolute atomic E-state index is 0.0896. The molecule has 4 heterocycles. The third kappa shape index (κ3) is 6.13. The van der Waals surface area contributed by atoms with Gasteiger partial charge in [0.1, 0.15) is 12.2 Å². The number of hydrogen-bond acceptors (Lipinski definition) is 11. The summed E-state index contributed by atoms with van der Waals surface area (Å²) in [5.74, 6) is -1.09. The smallest absolute Gasteiger partial charge is 0.458 e. The predicted octanol–water partition coefficient (Wildman–Crippen LogP) is 2.86. The van der Waals surface area contributed by atoms with Gasteiger partial charge < -0.3 is 38.8 Å². The highest BCUT2D eigenvalue weighted by Crippen LogP contribution is 2.46. The molecular weight excluding hydrogens is 532 g/mol. The van der Waals surface area contributed by atoms with Gasteiger partial charge in [-0.05, 0) is 73.9 Å². The van der Waals surface area contributed by atoms with E-state index in [2.05, 4.69) is 17.1 Å². The Morgan fingerprint density at radius 3 is 2.44 bits per heavy atom. The van der Waals surface area contributed by atoms with Crippen LogP contribution in [-0.4, -0.2) is 109 Å². The van der Waals surface area contributed by atoms with Crippen LogP contribution in [0.3, 0.4) is 0 Å². The van der Waals surface area contributed by atoms with E-state index in [9.17, 15) is 14.7 Å². The van der Waals surface area contributed by atoms with E-state index in [1.54, 1.807) is 6.92 Å². The summed E-state index contributed by atoms with van der Waals surface area (Å²) in [4.78, 5) is 28.2. The second-order valence-electron chi connectivity index (χ2n) is 13.4. The van der Waals surface area contributed by atoms with Gasteiger partial charge in [0.2, 0.25) is 0 Å². The summed E-state index contributed by atoms with van der Waals surface area (Å²) in [5, 5.41) is 14.2. The third-order valence-corrected chi connectivity index (χ3v) is 10.0. The summed E-state index contributed by atoms with van der Waals surface area (Å²) in [6.07, 6.45) is -3.01. The summed E-state index contributed by atoms with van der Waals surface area (Å²) >= 11 is 0. The number of aliphatic hydroxyl groups is 1. The Kier molecular flexibility index (Phi) is 9.68. The van der Waals surface area contributed by atoms with Gasteiger partial charge in [-0.15, -0.1) is 0 Å². The second-order valence-corrected chi connectivity index (χ2v) is 13.4. The first-order valence-corrected chi connectivity index (χ1v) is 15.3. The number of nitrogens with zero attached hydrogens (tertiary/aromatic N) is 1. The molecule has 0 unspecified atom stereocenters. The molecule has 4 fully saturated rings. The first-order valence-electron chi connectivity index (χ1n) is 15.3. The largest absolute Gasteiger partial charge is 0.509 e. The van der Waals surface area contributed by atoms with E-state index in [4.69, 9.17) is 28.4 Å². The van der Waals surface area contributed by atoms with Crippen LogP contribution in [0.5, 0.6) is 0 Å². The summed E-state index contributed by atoms with van der Waals surface area (Å²) in [6, 6.07) is -0.361. The normalized spacial score (nSPS) is 49.9. The first-order chi connectivity index (χ1) is 19.1. The molecule has 0 saturated carbocycles. The molecule has 4 aliphatic heterocycles. The molecule has 2 N–H and O–H groups in total. The quantitative estimate of drug-likeness (QED) is 0.474. The fraction of sp³-hybridized carbons (Fsp3) is 0.933. The highest BCUT2D eigenvalue weighted by atomic mass is 16.8. The molecule has 11 nitrogen and oxygen atoms in total. The van der Waals surface area contributed by atoms with Crippen LogP contribution in [0.2, 0.25) is 0 Å². The van der Waals surface area contributed by atoms with E-state index >= 15 is 0 Å².